The average Bonchev–Trinajstić information content (AvgIpc) is 0.692. The third-order valence-corrected chi connectivity index (χ3v) is 20.6. The molecule has 6 heterocycles. The summed E-state index contributed by atoms with van der Waals surface area (Å²) in [6.45, 7) is 47.8. The highest BCUT2D eigenvalue weighted by molar-refractivity contribution is 7.03. The number of anilines is 6. The Bertz CT molecular complexity index is 4590. The molecular formula is C82H87B3N2O4. The Morgan fingerprint density at radius 1 is 0.220 bits per heavy atom. The summed E-state index contributed by atoms with van der Waals surface area (Å²) in [5, 5.41) is 0. The Hall–Kier alpha value is -8.03. The molecule has 91 heavy (non-hydrogen) atoms. The highest BCUT2D eigenvalue weighted by Gasteiger charge is 2.50. The first-order valence-corrected chi connectivity index (χ1v) is 33.2. The van der Waals surface area contributed by atoms with E-state index in [-0.39, 0.29) is 58.0 Å². The Kier molecular flexibility index (Phi) is 12.6. The Labute approximate surface area is 543 Å². The van der Waals surface area contributed by atoms with Crippen LogP contribution in [-0.2, 0) is 37.9 Å². The van der Waals surface area contributed by atoms with E-state index in [1.807, 2.05) is 0 Å². The lowest BCUT2D eigenvalue weighted by Gasteiger charge is -2.45. The molecule has 6 nitrogen and oxygen atoms in total. The monoisotopic (exact) mass is 1200 g/mol. The second kappa shape index (κ2) is 19.3. The molecule has 0 bridgehead atoms. The molecule has 0 spiro atoms. The summed E-state index contributed by atoms with van der Waals surface area (Å²) in [6.07, 6.45) is 0. The molecule has 0 aromatic heterocycles. The highest BCUT2D eigenvalue weighted by atomic mass is 16.5. The van der Waals surface area contributed by atoms with Crippen molar-refractivity contribution in [3.63, 3.8) is 0 Å². The van der Waals surface area contributed by atoms with E-state index >= 15 is 0 Å². The molecule has 6 aliphatic rings. The zero-order valence-corrected chi connectivity index (χ0v) is 57.6. The van der Waals surface area contributed by atoms with Crippen LogP contribution in [0.4, 0.5) is 34.1 Å². The van der Waals surface area contributed by atoms with Crippen LogP contribution >= 0.6 is 0 Å². The van der Waals surface area contributed by atoms with Crippen molar-refractivity contribution in [1.29, 1.82) is 0 Å². The number of benzene rings is 9. The Balaban J connectivity index is 1.06. The van der Waals surface area contributed by atoms with Crippen molar-refractivity contribution in [2.45, 2.75) is 183 Å². The van der Waals surface area contributed by atoms with Crippen LogP contribution in [0.15, 0.2) is 146 Å². The van der Waals surface area contributed by atoms with E-state index in [0.717, 1.165) is 113 Å². The molecule has 0 unspecified atom stereocenters. The van der Waals surface area contributed by atoms with Crippen LogP contribution in [0.3, 0.4) is 0 Å². The normalized spacial score (nSPS) is 15.1. The zero-order chi connectivity index (χ0) is 64.5. The van der Waals surface area contributed by atoms with Crippen molar-refractivity contribution in [2.75, 3.05) is 9.80 Å². The highest BCUT2D eigenvalue weighted by Crippen LogP contribution is 2.50. The van der Waals surface area contributed by atoms with Crippen molar-refractivity contribution in [3.05, 3.63) is 185 Å². The quantitative estimate of drug-likeness (QED) is 0.161. The van der Waals surface area contributed by atoms with Gasteiger partial charge in [0.25, 0.3) is 20.1 Å². The fourth-order valence-corrected chi connectivity index (χ4v) is 15.0. The lowest BCUT2D eigenvalue weighted by Crippen LogP contribution is -2.65. The van der Waals surface area contributed by atoms with E-state index in [9.17, 15) is 0 Å². The van der Waals surface area contributed by atoms with E-state index in [2.05, 4.69) is 301 Å². The fraction of sp³-hybridized carbons (Fsp3) is 0.341. The maximum atomic E-state index is 7.60. The molecule has 0 amide bonds. The number of hydrogen-bond acceptors (Lipinski definition) is 6. The SMILES string of the molecule is CC(C)(C)c1ccc(N2c3cc4c(cc3B3c5cc(C(C)(C)C)ccc5Oc5cc(C(C)(C)C)cc2c53)B2c3cc5c(cc3Oc3cc(C(C)(C)C)cc(c32)N4c2ccc(C(C)(C)C)cc2)Oc2cc(C(C)(C)C)cc3c2B5c2cc(C(C)(C)C)ccc2O3)cc1. The summed E-state index contributed by atoms with van der Waals surface area (Å²) in [5.41, 5.74) is 25.1. The minimum atomic E-state index is -0.258. The van der Waals surface area contributed by atoms with Gasteiger partial charge in [-0.2, -0.15) is 0 Å². The van der Waals surface area contributed by atoms with Gasteiger partial charge in [-0.3, -0.25) is 0 Å². The van der Waals surface area contributed by atoms with Gasteiger partial charge in [-0.1, -0.05) is 206 Å². The van der Waals surface area contributed by atoms with Crippen LogP contribution < -0.4 is 77.9 Å². The zero-order valence-electron chi connectivity index (χ0n) is 57.6. The molecule has 6 aliphatic heterocycles. The molecule has 0 saturated carbocycles. The van der Waals surface area contributed by atoms with E-state index in [1.165, 1.54) is 55.2 Å². The van der Waals surface area contributed by atoms with Gasteiger partial charge in [0.1, 0.15) is 46.0 Å². The van der Waals surface area contributed by atoms with Crippen LogP contribution in [0.1, 0.15) is 184 Å². The van der Waals surface area contributed by atoms with Crippen LogP contribution in [0.2, 0.25) is 0 Å². The topological polar surface area (TPSA) is 43.4 Å². The Morgan fingerprint density at radius 2 is 0.505 bits per heavy atom. The molecule has 0 atom stereocenters. The van der Waals surface area contributed by atoms with Crippen molar-refractivity contribution in [2.24, 2.45) is 0 Å². The molecule has 458 valence electrons. The summed E-state index contributed by atoms with van der Waals surface area (Å²) in [4.78, 5) is 5.14. The minimum absolute atomic E-state index is 0.0341. The maximum Gasteiger partial charge on any atom is 0.260 e. The predicted molar refractivity (Wildman–Crippen MR) is 387 cm³/mol. The van der Waals surface area contributed by atoms with Crippen molar-refractivity contribution in [3.8, 4) is 46.0 Å². The van der Waals surface area contributed by atoms with Gasteiger partial charge < -0.3 is 28.7 Å². The minimum Gasteiger partial charge on any atom is -0.458 e. The van der Waals surface area contributed by atoms with Crippen LogP contribution in [0, 0.1) is 0 Å². The maximum absolute atomic E-state index is 7.60. The van der Waals surface area contributed by atoms with Gasteiger partial charge in [-0.25, -0.2) is 0 Å². The van der Waals surface area contributed by atoms with Crippen LogP contribution in [-0.4, -0.2) is 20.1 Å². The summed E-state index contributed by atoms with van der Waals surface area (Å²) in [5.74, 6) is 6.87. The van der Waals surface area contributed by atoms with E-state index in [1.54, 1.807) is 0 Å². The van der Waals surface area contributed by atoms with E-state index < -0.39 is 0 Å². The van der Waals surface area contributed by atoms with Crippen LogP contribution in [0.25, 0.3) is 0 Å². The molecule has 9 heteroatoms. The molecule has 15 rings (SSSR count). The number of rotatable bonds is 2. The number of fused-ring (bicyclic) bond motifs is 12. The third kappa shape index (κ3) is 9.42. The first kappa shape index (κ1) is 59.3. The summed E-state index contributed by atoms with van der Waals surface area (Å²) in [7, 11) is 0. The first-order chi connectivity index (χ1) is 42.5. The largest absolute Gasteiger partial charge is 0.458 e. The summed E-state index contributed by atoms with van der Waals surface area (Å²) in [6, 6.07) is 56.6. The average molecular weight is 1200 g/mol. The van der Waals surface area contributed by atoms with Gasteiger partial charge >= 0.3 is 0 Å². The fourth-order valence-electron chi connectivity index (χ4n) is 15.0. The third-order valence-electron chi connectivity index (χ3n) is 20.6. The second-order valence-electron chi connectivity index (χ2n) is 34.3. The van der Waals surface area contributed by atoms with Gasteiger partial charge in [-0.05, 0) is 199 Å². The summed E-state index contributed by atoms with van der Waals surface area (Å²) < 4.78 is 29.3. The Morgan fingerprint density at radius 3 is 0.857 bits per heavy atom. The second-order valence-corrected chi connectivity index (χ2v) is 34.3. The number of ether oxygens (including phenoxy) is 4. The van der Waals surface area contributed by atoms with Gasteiger partial charge in [0.05, 0.1) is 0 Å². The van der Waals surface area contributed by atoms with Crippen molar-refractivity contribution in [1.82, 2.24) is 0 Å². The van der Waals surface area contributed by atoms with Crippen LogP contribution in [0.5, 0.6) is 46.0 Å². The molecule has 0 N–H and O–H groups in total. The molecule has 0 aliphatic carbocycles. The number of nitrogens with zero attached hydrogens (tertiary/aromatic N) is 2. The van der Waals surface area contributed by atoms with E-state index in [4.69, 9.17) is 18.9 Å². The molecule has 9 aromatic rings. The molecule has 0 saturated heterocycles. The smallest absolute Gasteiger partial charge is 0.260 e. The van der Waals surface area contributed by atoms with E-state index in [0.29, 0.717) is 0 Å². The molecular weight excluding hydrogens is 1110 g/mol. The molecule has 0 radical (unpaired) electrons. The van der Waals surface area contributed by atoms with Gasteiger partial charge in [0, 0.05) is 45.7 Å². The van der Waals surface area contributed by atoms with Gasteiger partial charge in [0.2, 0.25) is 0 Å². The van der Waals surface area contributed by atoms with Crippen molar-refractivity contribution < 1.29 is 18.9 Å². The van der Waals surface area contributed by atoms with Crippen molar-refractivity contribution >= 4 is 103 Å². The molecule has 0 fully saturated rings. The lowest BCUT2D eigenvalue weighted by atomic mass is 9.29. The number of hydrogen-bond donors (Lipinski definition) is 0. The first-order valence-electron chi connectivity index (χ1n) is 33.2. The van der Waals surface area contributed by atoms with Gasteiger partial charge in [-0.15, -0.1) is 0 Å². The predicted octanol–water partition coefficient (Wildman–Crippen LogP) is 16.3. The molecule has 9 aromatic carbocycles. The summed E-state index contributed by atoms with van der Waals surface area (Å²) >= 11 is 0. The standard InChI is InChI=1S/C82H87B3N2O4/c1-76(2,3)46-22-28-53(29-23-46)86-61-44-62-56(42-55(61)83-57-34-48(78(7,8)9)26-32-65(57)88-69-38-50(80(13,14)15)36-63(86)73(69)83)84-59-43-60-68(91-72-41-52(82(19,20)21)40-71-75(72)85(60)58-35-49(79(10,11)12)27-33-66(58)89-71)45-67(59)90-70-39-51(81(16,17)18)37-64(74(70)84)87(62)54-30-24-47(25-31-54)77(4,5)6/h22-45H,1-21H3. The lowest BCUT2D eigenvalue weighted by molar-refractivity contribution is 0.451. The van der Waals surface area contributed by atoms with Gasteiger partial charge in [0.15, 0.2) is 0 Å².